The number of hydrogen-bond acceptors (Lipinski definition) is 2. The lowest BCUT2D eigenvalue weighted by Crippen LogP contribution is -2.40. The minimum atomic E-state index is -0.475. The zero-order valence-electron chi connectivity index (χ0n) is 9.00. The van der Waals surface area contributed by atoms with Gasteiger partial charge in [0, 0.05) is 5.02 Å². The molecule has 0 aliphatic carbocycles. The largest absolute Gasteiger partial charge is 0.453 e. The van der Waals surface area contributed by atoms with Gasteiger partial charge in [0.1, 0.15) is 0 Å². The van der Waals surface area contributed by atoms with Crippen LogP contribution < -0.4 is 5.32 Å². The van der Waals surface area contributed by atoms with Gasteiger partial charge in [-0.05, 0) is 31.5 Å². The van der Waals surface area contributed by atoms with Crippen molar-refractivity contribution >= 4 is 17.7 Å². The number of ether oxygens (including phenoxy) is 1. The lowest BCUT2D eigenvalue weighted by Gasteiger charge is -2.26. The maximum absolute atomic E-state index is 11.1. The molecule has 0 aromatic heterocycles. The minimum Gasteiger partial charge on any atom is -0.453 e. The van der Waals surface area contributed by atoms with Gasteiger partial charge in [-0.2, -0.15) is 0 Å². The van der Waals surface area contributed by atoms with E-state index in [0.29, 0.717) is 5.02 Å². The number of alkyl carbamates (subject to hydrolysis) is 1. The van der Waals surface area contributed by atoms with E-state index < -0.39 is 11.6 Å². The van der Waals surface area contributed by atoms with Crippen molar-refractivity contribution in [3.8, 4) is 0 Å². The second-order valence-electron chi connectivity index (χ2n) is 3.75. The Kier molecular flexibility index (Phi) is 3.58. The Labute approximate surface area is 94.4 Å². The molecule has 0 radical (unpaired) electrons. The van der Waals surface area contributed by atoms with Crippen LogP contribution in [0, 0.1) is 0 Å². The number of carbonyl (C=O) groups excluding carboxylic acids is 1. The quantitative estimate of drug-likeness (QED) is 0.844. The third-order valence-corrected chi connectivity index (χ3v) is 2.42. The molecule has 0 bridgehead atoms. The third-order valence-electron chi connectivity index (χ3n) is 2.17. The van der Waals surface area contributed by atoms with Crippen molar-refractivity contribution in [1.82, 2.24) is 5.32 Å². The number of rotatable bonds is 2. The van der Waals surface area contributed by atoms with Gasteiger partial charge in [-0.3, -0.25) is 0 Å². The summed E-state index contributed by atoms with van der Waals surface area (Å²) in [5.74, 6) is 0. The van der Waals surface area contributed by atoms with Crippen LogP contribution in [0.5, 0.6) is 0 Å². The monoisotopic (exact) mass is 227 g/mol. The van der Waals surface area contributed by atoms with Crippen molar-refractivity contribution in [2.24, 2.45) is 0 Å². The van der Waals surface area contributed by atoms with Gasteiger partial charge in [-0.25, -0.2) is 4.79 Å². The molecule has 1 amide bonds. The Morgan fingerprint density at radius 3 is 2.33 bits per heavy atom. The van der Waals surface area contributed by atoms with E-state index in [4.69, 9.17) is 11.6 Å². The highest BCUT2D eigenvalue weighted by atomic mass is 35.5. The van der Waals surface area contributed by atoms with Crippen LogP contribution in [0.2, 0.25) is 5.02 Å². The van der Waals surface area contributed by atoms with E-state index in [9.17, 15) is 4.79 Å². The second-order valence-corrected chi connectivity index (χ2v) is 4.18. The molecular formula is C11H14ClNO2. The molecule has 4 heteroatoms. The van der Waals surface area contributed by atoms with Crippen molar-refractivity contribution in [3.05, 3.63) is 34.9 Å². The standard InChI is InChI=1S/C11H14ClNO2/c1-11(2,13-10(14)15-3)8-4-6-9(12)7-5-8/h4-7H,1-3H3,(H,13,14). The van der Waals surface area contributed by atoms with Crippen molar-refractivity contribution in [2.45, 2.75) is 19.4 Å². The van der Waals surface area contributed by atoms with Crippen molar-refractivity contribution < 1.29 is 9.53 Å². The van der Waals surface area contributed by atoms with Crippen LogP contribution in [0.1, 0.15) is 19.4 Å². The van der Waals surface area contributed by atoms with E-state index in [0.717, 1.165) is 5.56 Å². The molecule has 0 spiro atoms. The summed E-state index contributed by atoms with van der Waals surface area (Å²) >= 11 is 5.78. The number of halogens is 1. The Hall–Kier alpha value is -1.22. The molecule has 1 aromatic carbocycles. The lowest BCUT2D eigenvalue weighted by atomic mass is 9.95. The summed E-state index contributed by atoms with van der Waals surface area (Å²) in [6, 6.07) is 7.33. The highest BCUT2D eigenvalue weighted by molar-refractivity contribution is 6.30. The number of benzene rings is 1. The van der Waals surface area contributed by atoms with E-state index in [1.165, 1.54) is 7.11 Å². The second kappa shape index (κ2) is 4.53. The maximum Gasteiger partial charge on any atom is 0.407 e. The molecule has 0 fully saturated rings. The number of carbonyl (C=O) groups is 1. The van der Waals surface area contributed by atoms with Gasteiger partial charge in [0.05, 0.1) is 12.6 Å². The molecule has 1 aromatic rings. The van der Waals surface area contributed by atoms with Crippen LogP contribution in [-0.4, -0.2) is 13.2 Å². The van der Waals surface area contributed by atoms with E-state index in [-0.39, 0.29) is 0 Å². The lowest BCUT2D eigenvalue weighted by molar-refractivity contribution is 0.159. The van der Waals surface area contributed by atoms with E-state index in [2.05, 4.69) is 10.1 Å². The normalized spacial score (nSPS) is 10.9. The van der Waals surface area contributed by atoms with Gasteiger partial charge in [-0.1, -0.05) is 23.7 Å². The molecule has 0 saturated heterocycles. The first-order valence-electron chi connectivity index (χ1n) is 4.58. The summed E-state index contributed by atoms with van der Waals surface area (Å²) in [4.78, 5) is 11.1. The Bertz CT molecular complexity index is 346. The minimum absolute atomic E-state index is 0.449. The summed E-state index contributed by atoms with van der Waals surface area (Å²) in [6.07, 6.45) is -0.449. The van der Waals surface area contributed by atoms with Crippen molar-refractivity contribution in [1.29, 1.82) is 0 Å². The predicted octanol–water partition coefficient (Wildman–Crippen LogP) is 2.93. The van der Waals surface area contributed by atoms with Crippen LogP contribution in [-0.2, 0) is 10.3 Å². The number of amides is 1. The number of nitrogens with one attached hydrogen (secondary N) is 1. The van der Waals surface area contributed by atoms with Crippen LogP contribution in [0.15, 0.2) is 24.3 Å². The molecule has 0 atom stereocenters. The average molecular weight is 228 g/mol. The fraction of sp³-hybridized carbons (Fsp3) is 0.364. The summed E-state index contributed by atoms with van der Waals surface area (Å²) in [5.41, 5.74) is 0.495. The van der Waals surface area contributed by atoms with Gasteiger partial charge in [0.25, 0.3) is 0 Å². The molecule has 3 nitrogen and oxygen atoms in total. The number of methoxy groups -OCH3 is 1. The van der Waals surface area contributed by atoms with Gasteiger partial charge in [0.2, 0.25) is 0 Å². The number of hydrogen-bond donors (Lipinski definition) is 1. The molecule has 0 aliphatic rings. The molecule has 1 rings (SSSR count). The molecule has 0 unspecified atom stereocenters. The first-order chi connectivity index (χ1) is 6.95. The molecule has 0 heterocycles. The van der Waals surface area contributed by atoms with Gasteiger partial charge in [-0.15, -0.1) is 0 Å². The molecule has 82 valence electrons. The van der Waals surface area contributed by atoms with E-state index in [1.807, 2.05) is 26.0 Å². The summed E-state index contributed by atoms with van der Waals surface area (Å²) < 4.78 is 4.56. The van der Waals surface area contributed by atoms with Crippen LogP contribution in [0.3, 0.4) is 0 Å². The summed E-state index contributed by atoms with van der Waals surface area (Å²) in [6.45, 7) is 3.79. The van der Waals surface area contributed by atoms with Crippen molar-refractivity contribution in [2.75, 3.05) is 7.11 Å². The first kappa shape index (κ1) is 11.9. The zero-order chi connectivity index (χ0) is 11.5. The van der Waals surface area contributed by atoms with Crippen LogP contribution >= 0.6 is 11.6 Å². The van der Waals surface area contributed by atoms with Crippen LogP contribution in [0.4, 0.5) is 4.79 Å². The van der Waals surface area contributed by atoms with E-state index in [1.54, 1.807) is 12.1 Å². The Morgan fingerprint density at radius 1 is 1.33 bits per heavy atom. The van der Waals surface area contributed by atoms with Gasteiger partial charge >= 0.3 is 6.09 Å². The maximum atomic E-state index is 11.1. The highest BCUT2D eigenvalue weighted by Crippen LogP contribution is 2.21. The zero-order valence-corrected chi connectivity index (χ0v) is 9.76. The average Bonchev–Trinajstić information content (AvgIpc) is 2.17. The topological polar surface area (TPSA) is 38.3 Å². The third kappa shape index (κ3) is 3.13. The van der Waals surface area contributed by atoms with Gasteiger partial charge in [0.15, 0.2) is 0 Å². The smallest absolute Gasteiger partial charge is 0.407 e. The van der Waals surface area contributed by atoms with E-state index >= 15 is 0 Å². The molecule has 0 saturated carbocycles. The molecular weight excluding hydrogens is 214 g/mol. The fourth-order valence-corrected chi connectivity index (χ4v) is 1.37. The molecule has 0 aliphatic heterocycles. The Balaban J connectivity index is 2.85. The molecule has 1 N–H and O–H groups in total. The highest BCUT2D eigenvalue weighted by Gasteiger charge is 2.22. The predicted molar refractivity (Wildman–Crippen MR) is 60.0 cm³/mol. The van der Waals surface area contributed by atoms with Crippen molar-refractivity contribution in [3.63, 3.8) is 0 Å². The first-order valence-corrected chi connectivity index (χ1v) is 4.95. The summed E-state index contributed by atoms with van der Waals surface area (Å²) in [7, 11) is 1.34. The van der Waals surface area contributed by atoms with Crippen LogP contribution in [0.25, 0.3) is 0 Å². The van der Waals surface area contributed by atoms with Gasteiger partial charge < -0.3 is 10.1 Å². The SMILES string of the molecule is COC(=O)NC(C)(C)c1ccc(Cl)cc1. The summed E-state index contributed by atoms with van der Waals surface area (Å²) in [5, 5.41) is 3.41. The Morgan fingerprint density at radius 2 is 1.87 bits per heavy atom. The fourth-order valence-electron chi connectivity index (χ4n) is 1.24. The molecule has 15 heavy (non-hydrogen) atoms.